The summed E-state index contributed by atoms with van der Waals surface area (Å²) < 4.78 is 18.7. The van der Waals surface area contributed by atoms with Crippen LogP contribution < -0.4 is 15.8 Å². The lowest BCUT2D eigenvalue weighted by Gasteiger charge is -2.27. The first-order chi connectivity index (χ1) is 12.6. The number of ether oxygens (including phenoxy) is 1. The van der Waals surface area contributed by atoms with Crippen LogP contribution in [-0.2, 0) is 11.3 Å². The molecule has 152 valence electrons. The van der Waals surface area contributed by atoms with Crippen molar-refractivity contribution in [3.63, 3.8) is 0 Å². The van der Waals surface area contributed by atoms with Gasteiger partial charge in [0.2, 0.25) is 11.8 Å². The van der Waals surface area contributed by atoms with Gasteiger partial charge in [-0.1, -0.05) is 12.1 Å². The first-order valence-corrected chi connectivity index (χ1v) is 9.02. The predicted octanol–water partition coefficient (Wildman–Crippen LogP) is 3.85. The Balaban J connectivity index is 0.00000140. The molecule has 3 N–H and O–H groups in total. The molecule has 2 aliphatic rings. The summed E-state index contributed by atoms with van der Waals surface area (Å²) in [4.78, 5) is 16.7. The quantitative estimate of drug-likeness (QED) is 0.759. The maximum atomic E-state index is 13.2. The van der Waals surface area contributed by atoms with E-state index in [0.29, 0.717) is 30.0 Å². The highest BCUT2D eigenvalue weighted by atomic mass is 35.5. The number of pyridine rings is 1. The number of hydrogen-bond acceptors (Lipinski definition) is 4. The summed E-state index contributed by atoms with van der Waals surface area (Å²) in [6.45, 7) is 0.409. The van der Waals surface area contributed by atoms with Gasteiger partial charge >= 0.3 is 0 Å². The highest BCUT2D eigenvalue weighted by molar-refractivity contribution is 5.85. The van der Waals surface area contributed by atoms with Crippen molar-refractivity contribution in [2.75, 3.05) is 0 Å². The van der Waals surface area contributed by atoms with Crippen LogP contribution in [0, 0.1) is 23.6 Å². The van der Waals surface area contributed by atoms with Gasteiger partial charge in [-0.2, -0.15) is 0 Å². The number of carbonyl (C=O) groups excluding carboxylic acids is 1. The molecule has 2 aliphatic carbocycles. The summed E-state index contributed by atoms with van der Waals surface area (Å²) in [5.41, 5.74) is 7.10. The van der Waals surface area contributed by atoms with Crippen molar-refractivity contribution in [2.24, 2.45) is 23.5 Å². The summed E-state index contributed by atoms with van der Waals surface area (Å²) >= 11 is 0. The number of hydrogen-bond donors (Lipinski definition) is 2. The lowest BCUT2D eigenvalue weighted by molar-refractivity contribution is -0.127. The van der Waals surface area contributed by atoms with E-state index >= 15 is 0 Å². The van der Waals surface area contributed by atoms with Gasteiger partial charge in [0.15, 0.2) is 0 Å². The molecule has 2 saturated carbocycles. The van der Waals surface area contributed by atoms with Crippen LogP contribution in [0.1, 0.15) is 24.8 Å². The van der Waals surface area contributed by atoms with E-state index in [1.54, 1.807) is 24.4 Å². The molecule has 5 nitrogen and oxygen atoms in total. The lowest BCUT2D eigenvalue weighted by Crippen LogP contribution is -2.45. The average molecular weight is 428 g/mol. The first kappa shape index (κ1) is 22.4. The standard InChI is InChI=1S/C20H22FN3O2.2ClH/c21-15-2-1-3-16(9-15)26-17-7-4-12(10-23-17)11-24-20(25)18-13-5-6-14(8-13)19(18)22;;/h1-4,7,9-10,13-14,18-19H,5-6,8,11,22H2,(H,24,25);2*1H. The summed E-state index contributed by atoms with van der Waals surface area (Å²) in [6.07, 6.45) is 5.01. The fraction of sp³-hybridized carbons (Fsp3) is 0.400. The van der Waals surface area contributed by atoms with Crippen molar-refractivity contribution in [1.29, 1.82) is 0 Å². The normalized spacial score (nSPS) is 24.8. The number of nitrogens with one attached hydrogen (secondary N) is 1. The van der Waals surface area contributed by atoms with E-state index in [1.165, 1.54) is 12.1 Å². The van der Waals surface area contributed by atoms with Crippen molar-refractivity contribution in [3.8, 4) is 11.6 Å². The number of amides is 1. The molecular formula is C20H24Cl2FN3O2. The van der Waals surface area contributed by atoms with Gasteiger partial charge in [-0.3, -0.25) is 4.79 Å². The zero-order valence-corrected chi connectivity index (χ0v) is 16.8. The Labute approximate surface area is 176 Å². The molecule has 2 aromatic rings. The lowest BCUT2D eigenvalue weighted by atomic mass is 9.84. The number of aromatic nitrogens is 1. The Kier molecular flexibility index (Phi) is 7.63. The van der Waals surface area contributed by atoms with E-state index in [4.69, 9.17) is 10.5 Å². The van der Waals surface area contributed by atoms with Crippen LogP contribution in [0.15, 0.2) is 42.6 Å². The average Bonchev–Trinajstić information content (AvgIpc) is 3.22. The molecule has 4 unspecified atom stereocenters. The second-order valence-electron chi connectivity index (χ2n) is 7.22. The minimum absolute atomic E-state index is 0. The van der Waals surface area contributed by atoms with Gasteiger partial charge < -0.3 is 15.8 Å². The van der Waals surface area contributed by atoms with Crippen LogP contribution in [0.25, 0.3) is 0 Å². The van der Waals surface area contributed by atoms with E-state index < -0.39 is 0 Å². The molecule has 4 rings (SSSR count). The van der Waals surface area contributed by atoms with Crippen molar-refractivity contribution in [2.45, 2.75) is 31.8 Å². The SMILES string of the molecule is Cl.Cl.NC1C2CCC(C2)C1C(=O)NCc1ccc(Oc2cccc(F)c2)nc1. The fourth-order valence-electron chi connectivity index (χ4n) is 4.26. The number of rotatable bonds is 5. The summed E-state index contributed by atoms with van der Waals surface area (Å²) in [5.74, 6) is 1.35. The number of nitrogens with zero attached hydrogens (tertiary/aromatic N) is 1. The molecule has 8 heteroatoms. The van der Waals surface area contributed by atoms with Crippen LogP contribution in [-0.4, -0.2) is 16.9 Å². The minimum Gasteiger partial charge on any atom is -0.439 e. The molecule has 1 heterocycles. The van der Waals surface area contributed by atoms with Gasteiger partial charge in [-0.25, -0.2) is 9.37 Å². The van der Waals surface area contributed by atoms with E-state index in [-0.39, 0.29) is 48.5 Å². The first-order valence-electron chi connectivity index (χ1n) is 9.02. The highest BCUT2D eigenvalue weighted by Gasteiger charge is 2.48. The van der Waals surface area contributed by atoms with Gasteiger partial charge in [0.1, 0.15) is 11.6 Å². The van der Waals surface area contributed by atoms with E-state index in [2.05, 4.69) is 10.3 Å². The molecule has 28 heavy (non-hydrogen) atoms. The van der Waals surface area contributed by atoms with Crippen molar-refractivity contribution in [1.82, 2.24) is 10.3 Å². The largest absolute Gasteiger partial charge is 0.439 e. The Morgan fingerprint density at radius 3 is 2.64 bits per heavy atom. The van der Waals surface area contributed by atoms with E-state index in [0.717, 1.165) is 24.8 Å². The number of nitrogens with two attached hydrogens (primary N) is 1. The second kappa shape index (κ2) is 9.54. The monoisotopic (exact) mass is 427 g/mol. The molecule has 1 aromatic heterocycles. The zero-order chi connectivity index (χ0) is 18.1. The molecule has 0 spiro atoms. The van der Waals surface area contributed by atoms with E-state index in [1.807, 2.05) is 6.07 Å². The maximum Gasteiger partial charge on any atom is 0.225 e. The van der Waals surface area contributed by atoms with Gasteiger partial charge in [0.05, 0.1) is 5.92 Å². The molecule has 0 saturated heterocycles. The third-order valence-electron chi connectivity index (χ3n) is 5.57. The fourth-order valence-corrected chi connectivity index (χ4v) is 4.26. The van der Waals surface area contributed by atoms with Gasteiger partial charge in [0, 0.05) is 30.9 Å². The molecule has 2 fully saturated rings. The number of benzene rings is 1. The zero-order valence-electron chi connectivity index (χ0n) is 15.2. The molecule has 4 atom stereocenters. The smallest absolute Gasteiger partial charge is 0.225 e. The van der Waals surface area contributed by atoms with Crippen molar-refractivity contribution >= 4 is 30.7 Å². The van der Waals surface area contributed by atoms with Crippen LogP contribution in [0.2, 0.25) is 0 Å². The molecule has 0 aliphatic heterocycles. The number of halogens is 3. The summed E-state index contributed by atoms with van der Waals surface area (Å²) in [5, 5.41) is 2.98. The van der Waals surface area contributed by atoms with Crippen LogP contribution >= 0.6 is 24.8 Å². The Hall–Kier alpha value is -1.89. The summed E-state index contributed by atoms with van der Waals surface area (Å²) in [6, 6.07) is 9.43. The summed E-state index contributed by atoms with van der Waals surface area (Å²) in [7, 11) is 0. The van der Waals surface area contributed by atoms with Gasteiger partial charge in [0.25, 0.3) is 0 Å². The Bertz CT molecular complexity index is 804. The maximum absolute atomic E-state index is 13.2. The van der Waals surface area contributed by atoms with E-state index in [9.17, 15) is 9.18 Å². The Morgan fingerprint density at radius 2 is 2.00 bits per heavy atom. The third kappa shape index (κ3) is 4.74. The molecule has 1 amide bonds. The molecular weight excluding hydrogens is 404 g/mol. The number of carbonyl (C=O) groups is 1. The highest BCUT2D eigenvalue weighted by Crippen LogP contribution is 2.47. The van der Waals surface area contributed by atoms with Crippen LogP contribution in [0.3, 0.4) is 0 Å². The van der Waals surface area contributed by atoms with Crippen LogP contribution in [0.4, 0.5) is 4.39 Å². The van der Waals surface area contributed by atoms with Crippen molar-refractivity contribution < 1.29 is 13.9 Å². The minimum atomic E-state index is -0.361. The number of fused-ring (bicyclic) bond motifs is 2. The van der Waals surface area contributed by atoms with Gasteiger partial charge in [-0.15, -0.1) is 24.8 Å². The third-order valence-corrected chi connectivity index (χ3v) is 5.57. The molecule has 2 bridgehead atoms. The van der Waals surface area contributed by atoms with Crippen LogP contribution in [0.5, 0.6) is 11.6 Å². The molecule has 1 aromatic carbocycles. The molecule has 0 radical (unpaired) electrons. The van der Waals surface area contributed by atoms with Gasteiger partial charge in [-0.05, 0) is 48.8 Å². The second-order valence-corrected chi connectivity index (χ2v) is 7.22. The van der Waals surface area contributed by atoms with Crippen molar-refractivity contribution in [3.05, 3.63) is 54.0 Å². The topological polar surface area (TPSA) is 77.2 Å². The predicted molar refractivity (Wildman–Crippen MR) is 109 cm³/mol. The Morgan fingerprint density at radius 1 is 1.21 bits per heavy atom.